The molecule has 0 spiro atoms. The summed E-state index contributed by atoms with van der Waals surface area (Å²) in [6.45, 7) is 4.97. The van der Waals surface area contributed by atoms with Crippen molar-refractivity contribution < 1.29 is 0 Å². The van der Waals surface area contributed by atoms with Gasteiger partial charge in [-0.25, -0.2) is 0 Å². The van der Waals surface area contributed by atoms with Crippen LogP contribution in [0.2, 0.25) is 0 Å². The van der Waals surface area contributed by atoms with Crippen LogP contribution in [-0.2, 0) is 6.42 Å². The van der Waals surface area contributed by atoms with Crippen molar-refractivity contribution in [3.05, 3.63) is 35.2 Å². The van der Waals surface area contributed by atoms with Crippen LogP contribution in [-0.4, -0.2) is 18.5 Å². The topological polar surface area (TPSA) is 50.4 Å². The summed E-state index contributed by atoms with van der Waals surface area (Å²) in [5.41, 5.74) is 7.21. The molecule has 0 aliphatic rings. The molecule has 0 aliphatic carbocycles. The maximum atomic E-state index is 5.84. The highest BCUT2D eigenvalue weighted by Gasteiger charge is 2.03. The molecule has 0 amide bonds. The summed E-state index contributed by atoms with van der Waals surface area (Å²) in [5.74, 6) is 0.550. The summed E-state index contributed by atoms with van der Waals surface area (Å²) >= 11 is 1.79. The number of rotatable bonds is 5. The number of guanidine groups is 1. The van der Waals surface area contributed by atoms with Crippen molar-refractivity contribution in [1.82, 2.24) is 5.32 Å². The van der Waals surface area contributed by atoms with E-state index in [9.17, 15) is 0 Å². The summed E-state index contributed by atoms with van der Waals surface area (Å²) in [5, 5.41) is 6.74. The van der Waals surface area contributed by atoms with E-state index in [0.717, 1.165) is 19.4 Å². The molecular formula is C15H21N3S. The average Bonchev–Trinajstić information content (AvgIpc) is 2.82. The molecule has 102 valence electrons. The van der Waals surface area contributed by atoms with Crippen molar-refractivity contribution in [2.45, 2.75) is 32.7 Å². The van der Waals surface area contributed by atoms with Crippen molar-refractivity contribution >= 4 is 27.4 Å². The normalized spacial score (nSPS) is 13.7. The van der Waals surface area contributed by atoms with Crippen LogP contribution in [0.25, 0.3) is 10.1 Å². The highest BCUT2D eigenvalue weighted by atomic mass is 32.1. The lowest BCUT2D eigenvalue weighted by atomic mass is 10.1. The van der Waals surface area contributed by atoms with Gasteiger partial charge in [-0.1, -0.05) is 25.1 Å². The molecule has 3 N–H and O–H groups in total. The first-order chi connectivity index (χ1) is 9.20. The van der Waals surface area contributed by atoms with Crippen LogP contribution in [0.5, 0.6) is 0 Å². The second kappa shape index (κ2) is 6.57. The Labute approximate surface area is 118 Å². The molecule has 1 aromatic carbocycles. The van der Waals surface area contributed by atoms with Crippen molar-refractivity contribution in [2.24, 2.45) is 10.7 Å². The van der Waals surface area contributed by atoms with E-state index < -0.39 is 0 Å². The lowest BCUT2D eigenvalue weighted by Gasteiger charge is -2.11. The molecule has 0 fully saturated rings. The van der Waals surface area contributed by atoms with Crippen molar-refractivity contribution in [3.63, 3.8) is 0 Å². The van der Waals surface area contributed by atoms with Crippen LogP contribution < -0.4 is 11.1 Å². The molecule has 1 heterocycles. The van der Waals surface area contributed by atoms with Gasteiger partial charge in [0.25, 0.3) is 0 Å². The number of fused-ring (bicyclic) bond motifs is 1. The van der Waals surface area contributed by atoms with Crippen LogP contribution in [0.15, 0.2) is 34.6 Å². The van der Waals surface area contributed by atoms with Gasteiger partial charge in [-0.15, -0.1) is 11.3 Å². The number of benzene rings is 1. The van der Waals surface area contributed by atoms with Crippen LogP contribution in [0, 0.1) is 0 Å². The maximum absolute atomic E-state index is 5.84. The summed E-state index contributed by atoms with van der Waals surface area (Å²) in [4.78, 5) is 4.38. The Morgan fingerprint density at radius 1 is 1.42 bits per heavy atom. The number of thiophene rings is 1. The van der Waals surface area contributed by atoms with E-state index >= 15 is 0 Å². The zero-order valence-corrected chi connectivity index (χ0v) is 12.3. The van der Waals surface area contributed by atoms with Gasteiger partial charge in [0, 0.05) is 17.3 Å². The van der Waals surface area contributed by atoms with Gasteiger partial charge < -0.3 is 11.1 Å². The highest BCUT2D eigenvalue weighted by molar-refractivity contribution is 7.17. The van der Waals surface area contributed by atoms with E-state index in [0.29, 0.717) is 12.0 Å². The third-order valence-electron chi connectivity index (χ3n) is 3.23. The quantitative estimate of drug-likeness (QED) is 0.650. The molecule has 0 saturated carbocycles. The van der Waals surface area contributed by atoms with E-state index in [2.05, 4.69) is 53.8 Å². The van der Waals surface area contributed by atoms with Gasteiger partial charge in [-0.3, -0.25) is 4.99 Å². The van der Waals surface area contributed by atoms with Crippen molar-refractivity contribution in [1.29, 1.82) is 0 Å². The van der Waals surface area contributed by atoms with Crippen molar-refractivity contribution in [2.75, 3.05) is 6.54 Å². The Balaban J connectivity index is 1.94. The zero-order valence-electron chi connectivity index (χ0n) is 11.5. The number of aliphatic imine (C=N–C) groups is 1. The fourth-order valence-corrected chi connectivity index (χ4v) is 2.92. The standard InChI is InChI=1S/C15H21N3S/c1-3-11(2)18-15(16)17-9-8-12-10-19-14-7-5-4-6-13(12)14/h4-7,10-11H,3,8-9H2,1-2H3,(H3,16,17,18). The number of nitrogens with zero attached hydrogens (tertiary/aromatic N) is 1. The summed E-state index contributed by atoms with van der Waals surface area (Å²) in [7, 11) is 0. The van der Waals surface area contributed by atoms with E-state index in [-0.39, 0.29) is 0 Å². The van der Waals surface area contributed by atoms with Gasteiger partial charge in [0.2, 0.25) is 0 Å². The lowest BCUT2D eigenvalue weighted by molar-refractivity contribution is 0.636. The third-order valence-corrected chi connectivity index (χ3v) is 4.24. The molecule has 0 radical (unpaired) electrons. The minimum atomic E-state index is 0.380. The van der Waals surface area contributed by atoms with Crippen LogP contribution in [0.1, 0.15) is 25.8 Å². The molecule has 1 aromatic heterocycles. The van der Waals surface area contributed by atoms with E-state index in [1.807, 2.05) is 0 Å². The molecule has 1 unspecified atom stereocenters. The first kappa shape index (κ1) is 13.9. The predicted octanol–water partition coefficient (Wildman–Crippen LogP) is 3.15. The average molecular weight is 275 g/mol. The Morgan fingerprint density at radius 2 is 2.21 bits per heavy atom. The Hall–Kier alpha value is -1.55. The summed E-state index contributed by atoms with van der Waals surface area (Å²) in [6.07, 6.45) is 1.98. The monoisotopic (exact) mass is 275 g/mol. The fourth-order valence-electron chi connectivity index (χ4n) is 1.92. The SMILES string of the molecule is CCC(C)NC(N)=NCCc1csc2ccccc12. The number of nitrogens with two attached hydrogens (primary N) is 1. The van der Waals surface area contributed by atoms with Crippen molar-refractivity contribution in [3.8, 4) is 0 Å². The van der Waals surface area contributed by atoms with Crippen LogP contribution >= 0.6 is 11.3 Å². The molecule has 2 rings (SSSR count). The second-order valence-corrected chi connectivity index (χ2v) is 5.64. The fraction of sp³-hybridized carbons (Fsp3) is 0.400. The molecule has 19 heavy (non-hydrogen) atoms. The minimum absolute atomic E-state index is 0.380. The van der Waals surface area contributed by atoms with Gasteiger partial charge in [0.15, 0.2) is 5.96 Å². The first-order valence-corrected chi connectivity index (χ1v) is 7.60. The lowest BCUT2D eigenvalue weighted by Crippen LogP contribution is -2.38. The summed E-state index contributed by atoms with van der Waals surface area (Å²) in [6, 6.07) is 8.87. The summed E-state index contributed by atoms with van der Waals surface area (Å²) < 4.78 is 1.34. The molecule has 3 nitrogen and oxygen atoms in total. The van der Waals surface area contributed by atoms with Crippen LogP contribution in [0.4, 0.5) is 0 Å². The Bertz CT molecular complexity index is 559. The highest BCUT2D eigenvalue weighted by Crippen LogP contribution is 2.25. The molecule has 4 heteroatoms. The molecule has 0 bridgehead atoms. The first-order valence-electron chi connectivity index (χ1n) is 6.72. The number of hydrogen-bond donors (Lipinski definition) is 2. The largest absolute Gasteiger partial charge is 0.370 e. The van der Waals surface area contributed by atoms with E-state index in [4.69, 9.17) is 5.73 Å². The Morgan fingerprint density at radius 3 is 3.00 bits per heavy atom. The molecular weight excluding hydrogens is 254 g/mol. The molecule has 2 aromatic rings. The predicted molar refractivity (Wildman–Crippen MR) is 84.9 cm³/mol. The smallest absolute Gasteiger partial charge is 0.188 e. The molecule has 0 saturated heterocycles. The van der Waals surface area contributed by atoms with Crippen LogP contribution in [0.3, 0.4) is 0 Å². The van der Waals surface area contributed by atoms with Gasteiger partial charge in [-0.2, -0.15) is 0 Å². The molecule has 1 atom stereocenters. The number of nitrogens with one attached hydrogen (secondary N) is 1. The Kier molecular flexibility index (Phi) is 4.80. The van der Waals surface area contributed by atoms with Gasteiger partial charge in [0.1, 0.15) is 0 Å². The maximum Gasteiger partial charge on any atom is 0.188 e. The van der Waals surface area contributed by atoms with Gasteiger partial charge >= 0.3 is 0 Å². The third kappa shape index (κ3) is 3.70. The minimum Gasteiger partial charge on any atom is -0.370 e. The van der Waals surface area contributed by atoms with E-state index in [1.54, 1.807) is 11.3 Å². The second-order valence-electron chi connectivity index (χ2n) is 4.73. The zero-order chi connectivity index (χ0) is 13.7. The van der Waals surface area contributed by atoms with Gasteiger partial charge in [0.05, 0.1) is 0 Å². The number of hydrogen-bond acceptors (Lipinski definition) is 2. The molecule has 0 aliphatic heterocycles. The van der Waals surface area contributed by atoms with E-state index in [1.165, 1.54) is 15.6 Å². The van der Waals surface area contributed by atoms with Gasteiger partial charge in [-0.05, 0) is 42.2 Å².